The minimum Gasteiger partial charge on any atom is -0.454 e. The van der Waals surface area contributed by atoms with Crippen molar-refractivity contribution in [3.63, 3.8) is 0 Å². The second-order valence-corrected chi connectivity index (χ2v) is 7.60. The van der Waals surface area contributed by atoms with Crippen LogP contribution in [0.25, 0.3) is 0 Å². The molecule has 1 amide bonds. The van der Waals surface area contributed by atoms with Crippen molar-refractivity contribution < 1.29 is 14.3 Å². The molecule has 27 heavy (non-hydrogen) atoms. The second kappa shape index (κ2) is 6.45. The highest BCUT2D eigenvalue weighted by atomic mass is 127. The standard InChI is InChI=1S/C21H15IN2O3/c22-14-6-8-15(9-7-14)24-20(13-5-10-18-19(11-13)27-12-26-18)23-17-4-2-1-3-16(17)21(24)25/h1-11,20,23H,12H2. The molecule has 0 spiro atoms. The Hall–Kier alpha value is -2.74. The van der Waals surface area contributed by atoms with Gasteiger partial charge in [0.05, 0.1) is 5.56 Å². The van der Waals surface area contributed by atoms with Crippen LogP contribution in [-0.4, -0.2) is 12.7 Å². The quantitative estimate of drug-likeness (QED) is 0.548. The SMILES string of the molecule is O=C1c2ccccc2NC(c2ccc3c(c2)OCO3)N1c1ccc(I)cc1. The first-order valence-corrected chi connectivity index (χ1v) is 9.63. The average Bonchev–Trinajstić information content (AvgIpc) is 3.17. The maximum Gasteiger partial charge on any atom is 0.262 e. The molecule has 0 radical (unpaired) electrons. The van der Waals surface area contributed by atoms with Crippen molar-refractivity contribution in [3.05, 3.63) is 81.4 Å². The Balaban J connectivity index is 1.64. The second-order valence-electron chi connectivity index (χ2n) is 6.36. The van der Waals surface area contributed by atoms with Gasteiger partial charge in [0.1, 0.15) is 6.17 Å². The maximum atomic E-state index is 13.3. The van der Waals surface area contributed by atoms with Gasteiger partial charge in [0.15, 0.2) is 11.5 Å². The molecule has 1 N–H and O–H groups in total. The zero-order valence-electron chi connectivity index (χ0n) is 14.2. The van der Waals surface area contributed by atoms with E-state index in [1.54, 1.807) is 4.90 Å². The molecule has 0 bridgehead atoms. The van der Waals surface area contributed by atoms with Gasteiger partial charge in [-0.1, -0.05) is 18.2 Å². The van der Waals surface area contributed by atoms with Crippen LogP contribution in [0.2, 0.25) is 0 Å². The van der Waals surface area contributed by atoms with E-state index >= 15 is 0 Å². The fourth-order valence-corrected chi connectivity index (χ4v) is 3.80. The van der Waals surface area contributed by atoms with Gasteiger partial charge >= 0.3 is 0 Å². The number of anilines is 2. The van der Waals surface area contributed by atoms with E-state index < -0.39 is 0 Å². The van der Waals surface area contributed by atoms with E-state index in [-0.39, 0.29) is 18.9 Å². The third-order valence-electron chi connectivity index (χ3n) is 4.74. The van der Waals surface area contributed by atoms with Gasteiger partial charge in [-0.25, -0.2) is 0 Å². The number of fused-ring (bicyclic) bond motifs is 2. The number of nitrogens with one attached hydrogen (secondary N) is 1. The van der Waals surface area contributed by atoms with Crippen molar-refractivity contribution in [1.82, 2.24) is 0 Å². The van der Waals surface area contributed by atoms with Crippen LogP contribution in [0.4, 0.5) is 11.4 Å². The highest BCUT2D eigenvalue weighted by molar-refractivity contribution is 14.1. The van der Waals surface area contributed by atoms with E-state index in [0.29, 0.717) is 11.3 Å². The van der Waals surface area contributed by atoms with Crippen molar-refractivity contribution >= 4 is 39.9 Å². The Labute approximate surface area is 170 Å². The molecular weight excluding hydrogens is 455 g/mol. The van der Waals surface area contributed by atoms with Gasteiger partial charge in [0.25, 0.3) is 5.91 Å². The highest BCUT2D eigenvalue weighted by Gasteiger charge is 2.34. The van der Waals surface area contributed by atoms with Crippen molar-refractivity contribution in [2.75, 3.05) is 17.0 Å². The monoisotopic (exact) mass is 470 g/mol. The lowest BCUT2D eigenvalue weighted by molar-refractivity contribution is 0.0975. The van der Waals surface area contributed by atoms with Crippen LogP contribution in [0, 0.1) is 3.57 Å². The van der Waals surface area contributed by atoms with E-state index in [0.717, 1.165) is 26.3 Å². The van der Waals surface area contributed by atoms with E-state index in [2.05, 4.69) is 27.9 Å². The molecular formula is C21H15IN2O3. The third-order valence-corrected chi connectivity index (χ3v) is 5.46. The van der Waals surface area contributed by atoms with Gasteiger partial charge in [-0.05, 0) is 76.7 Å². The molecule has 0 saturated carbocycles. The number of carbonyl (C=O) groups is 1. The number of rotatable bonds is 2. The largest absolute Gasteiger partial charge is 0.454 e. The van der Waals surface area contributed by atoms with Gasteiger partial charge in [-0.3, -0.25) is 9.69 Å². The normalized spacial score (nSPS) is 17.4. The number of hydrogen-bond donors (Lipinski definition) is 1. The number of halogens is 1. The molecule has 2 aliphatic rings. The predicted molar refractivity (Wildman–Crippen MR) is 111 cm³/mol. The van der Waals surface area contributed by atoms with Gasteiger partial charge in [0, 0.05) is 14.9 Å². The van der Waals surface area contributed by atoms with Gasteiger partial charge in [-0.2, -0.15) is 0 Å². The lowest BCUT2D eigenvalue weighted by Crippen LogP contribution is -2.43. The van der Waals surface area contributed by atoms with Crippen LogP contribution in [0.15, 0.2) is 66.7 Å². The fourth-order valence-electron chi connectivity index (χ4n) is 3.44. The summed E-state index contributed by atoms with van der Waals surface area (Å²) in [6.45, 7) is 0.222. The predicted octanol–water partition coefficient (Wildman–Crippen LogP) is 4.79. The summed E-state index contributed by atoms with van der Waals surface area (Å²) in [5.41, 5.74) is 3.26. The van der Waals surface area contributed by atoms with E-state index in [4.69, 9.17) is 9.47 Å². The maximum absolute atomic E-state index is 13.3. The molecule has 6 heteroatoms. The molecule has 2 aliphatic heterocycles. The molecule has 0 saturated heterocycles. The first-order valence-electron chi connectivity index (χ1n) is 8.55. The molecule has 1 atom stereocenters. The zero-order valence-corrected chi connectivity index (χ0v) is 16.3. The highest BCUT2D eigenvalue weighted by Crippen LogP contribution is 2.40. The van der Waals surface area contributed by atoms with Gasteiger partial charge < -0.3 is 14.8 Å². The fraction of sp³-hybridized carbons (Fsp3) is 0.0952. The smallest absolute Gasteiger partial charge is 0.262 e. The first kappa shape index (κ1) is 16.4. The summed E-state index contributed by atoms with van der Waals surface area (Å²) in [5, 5.41) is 3.50. The molecule has 2 heterocycles. The Morgan fingerprint density at radius 3 is 2.59 bits per heavy atom. The molecule has 0 aromatic heterocycles. The van der Waals surface area contributed by atoms with Crippen molar-refractivity contribution in [2.45, 2.75) is 6.17 Å². The number of hydrogen-bond acceptors (Lipinski definition) is 4. The lowest BCUT2D eigenvalue weighted by atomic mass is 10.0. The molecule has 134 valence electrons. The minimum absolute atomic E-state index is 0.0341. The number of para-hydroxylation sites is 1. The summed E-state index contributed by atoms with van der Waals surface area (Å²) < 4.78 is 12.1. The lowest BCUT2D eigenvalue weighted by Gasteiger charge is -2.38. The average molecular weight is 470 g/mol. The van der Waals surface area contributed by atoms with Gasteiger partial charge in [0.2, 0.25) is 6.79 Å². The van der Waals surface area contributed by atoms with E-state index in [9.17, 15) is 4.79 Å². The molecule has 1 unspecified atom stereocenters. The van der Waals surface area contributed by atoms with Gasteiger partial charge in [-0.15, -0.1) is 0 Å². The minimum atomic E-state index is -0.345. The molecule has 0 aliphatic carbocycles. The van der Waals surface area contributed by atoms with E-state index in [1.165, 1.54) is 0 Å². The summed E-state index contributed by atoms with van der Waals surface area (Å²) in [4.78, 5) is 15.1. The number of carbonyl (C=O) groups excluding carboxylic acids is 1. The Morgan fingerprint density at radius 2 is 1.74 bits per heavy atom. The number of nitrogens with zero attached hydrogens (tertiary/aromatic N) is 1. The molecule has 3 aromatic carbocycles. The topological polar surface area (TPSA) is 50.8 Å². The van der Waals surface area contributed by atoms with Crippen LogP contribution in [-0.2, 0) is 0 Å². The van der Waals surface area contributed by atoms with Crippen LogP contribution >= 0.6 is 22.6 Å². The number of benzene rings is 3. The summed E-state index contributed by atoms with van der Waals surface area (Å²) in [6, 6.07) is 21.3. The van der Waals surface area contributed by atoms with Crippen LogP contribution in [0.5, 0.6) is 11.5 Å². The van der Waals surface area contributed by atoms with Crippen LogP contribution < -0.4 is 19.7 Å². The summed E-state index contributed by atoms with van der Waals surface area (Å²) >= 11 is 2.26. The molecule has 3 aromatic rings. The zero-order chi connectivity index (χ0) is 18.4. The molecule has 5 nitrogen and oxygen atoms in total. The Kier molecular flexibility index (Phi) is 3.93. The number of amides is 1. The van der Waals surface area contributed by atoms with E-state index in [1.807, 2.05) is 66.7 Å². The third kappa shape index (κ3) is 2.80. The van der Waals surface area contributed by atoms with Crippen LogP contribution in [0.1, 0.15) is 22.1 Å². The van der Waals surface area contributed by atoms with Crippen molar-refractivity contribution in [2.24, 2.45) is 0 Å². The van der Waals surface area contributed by atoms with Crippen LogP contribution in [0.3, 0.4) is 0 Å². The molecule has 5 rings (SSSR count). The number of ether oxygens (including phenoxy) is 2. The summed E-state index contributed by atoms with van der Waals surface area (Å²) in [6.07, 6.45) is -0.345. The Morgan fingerprint density at radius 1 is 0.963 bits per heavy atom. The molecule has 0 fully saturated rings. The van der Waals surface area contributed by atoms with Crippen molar-refractivity contribution in [1.29, 1.82) is 0 Å². The Bertz CT molecular complexity index is 1040. The summed E-state index contributed by atoms with van der Waals surface area (Å²) in [7, 11) is 0. The van der Waals surface area contributed by atoms with Crippen molar-refractivity contribution in [3.8, 4) is 11.5 Å². The summed E-state index contributed by atoms with van der Waals surface area (Å²) in [5.74, 6) is 1.39. The first-order chi connectivity index (χ1) is 13.2.